The number of rotatable bonds is 4. The molecular weight excluding hydrogens is 174 g/mol. The Morgan fingerprint density at radius 1 is 1.75 bits per heavy atom. The van der Waals surface area contributed by atoms with E-state index in [0.29, 0.717) is 6.54 Å². The summed E-state index contributed by atoms with van der Waals surface area (Å²) in [5.41, 5.74) is -0.661. The van der Waals surface area contributed by atoms with E-state index in [1.54, 1.807) is 6.92 Å². The Bertz CT molecular complexity index is 223. The third-order valence-electron chi connectivity index (χ3n) is 1.74. The quantitative estimate of drug-likeness (QED) is 0.741. The van der Waals surface area contributed by atoms with Crippen LogP contribution in [-0.2, 0) is 0 Å². The van der Waals surface area contributed by atoms with E-state index in [1.165, 1.54) is 17.9 Å². The minimum absolute atomic E-state index is 0.513. The molecule has 4 nitrogen and oxygen atoms in total. The zero-order valence-corrected chi connectivity index (χ0v) is 8.06. The van der Waals surface area contributed by atoms with Crippen LogP contribution in [0.25, 0.3) is 0 Å². The van der Waals surface area contributed by atoms with Gasteiger partial charge in [-0.15, -0.1) is 0 Å². The van der Waals surface area contributed by atoms with Gasteiger partial charge in [-0.1, -0.05) is 6.92 Å². The van der Waals surface area contributed by atoms with Gasteiger partial charge >= 0.3 is 0 Å². The Morgan fingerprint density at radius 3 is 3.00 bits per heavy atom. The molecule has 0 saturated heterocycles. The zero-order valence-electron chi connectivity index (χ0n) is 7.24. The van der Waals surface area contributed by atoms with Gasteiger partial charge in [-0.3, -0.25) is 0 Å². The van der Waals surface area contributed by atoms with E-state index < -0.39 is 5.60 Å². The molecule has 1 heterocycles. The minimum Gasteiger partial charge on any atom is -0.388 e. The van der Waals surface area contributed by atoms with E-state index >= 15 is 0 Å². The fraction of sp³-hybridized carbons (Fsp3) is 0.714. The molecule has 5 heteroatoms. The summed E-state index contributed by atoms with van der Waals surface area (Å²) in [7, 11) is 0. The number of nitrogens with zero attached hydrogens (tertiary/aromatic N) is 2. The van der Waals surface area contributed by atoms with Crippen LogP contribution in [0.2, 0.25) is 0 Å². The molecule has 0 aliphatic rings. The van der Waals surface area contributed by atoms with Crippen molar-refractivity contribution in [2.75, 3.05) is 11.9 Å². The summed E-state index contributed by atoms with van der Waals surface area (Å²) in [4.78, 5) is 3.94. The highest BCUT2D eigenvalue weighted by molar-refractivity contribution is 7.09. The maximum atomic E-state index is 9.62. The van der Waals surface area contributed by atoms with Crippen molar-refractivity contribution in [3.8, 4) is 0 Å². The third kappa shape index (κ3) is 2.75. The monoisotopic (exact) mass is 187 g/mol. The van der Waals surface area contributed by atoms with E-state index in [4.69, 9.17) is 0 Å². The zero-order chi connectivity index (χ0) is 9.03. The lowest BCUT2D eigenvalue weighted by atomic mass is 10.0. The molecule has 0 radical (unpaired) electrons. The Kier molecular flexibility index (Phi) is 2.99. The van der Waals surface area contributed by atoms with Gasteiger partial charge in [-0.25, -0.2) is 4.98 Å². The molecule has 68 valence electrons. The second-order valence-electron chi connectivity index (χ2n) is 2.95. The van der Waals surface area contributed by atoms with E-state index in [9.17, 15) is 5.11 Å². The first-order valence-corrected chi connectivity index (χ1v) is 4.64. The molecule has 0 saturated carbocycles. The first-order valence-electron chi connectivity index (χ1n) is 3.87. The van der Waals surface area contributed by atoms with Gasteiger partial charge in [0.2, 0.25) is 5.13 Å². The van der Waals surface area contributed by atoms with Crippen LogP contribution in [0.3, 0.4) is 0 Å². The lowest BCUT2D eigenvalue weighted by molar-refractivity contribution is 0.0697. The highest BCUT2D eigenvalue weighted by atomic mass is 32.1. The molecule has 1 aromatic rings. The molecule has 0 aliphatic heterocycles. The molecule has 12 heavy (non-hydrogen) atoms. The van der Waals surface area contributed by atoms with Crippen LogP contribution in [0.15, 0.2) is 6.33 Å². The maximum Gasteiger partial charge on any atom is 0.202 e. The second kappa shape index (κ2) is 3.82. The van der Waals surface area contributed by atoms with E-state index in [2.05, 4.69) is 14.7 Å². The van der Waals surface area contributed by atoms with Gasteiger partial charge in [0.1, 0.15) is 6.33 Å². The van der Waals surface area contributed by atoms with Crippen molar-refractivity contribution in [2.24, 2.45) is 0 Å². The Balaban J connectivity index is 2.36. The Hall–Kier alpha value is -0.680. The lowest BCUT2D eigenvalue weighted by Gasteiger charge is -2.20. The summed E-state index contributed by atoms with van der Waals surface area (Å²) < 4.78 is 3.84. The molecule has 0 amide bonds. The average Bonchev–Trinajstić information content (AvgIpc) is 2.53. The molecule has 1 atom stereocenters. The summed E-state index contributed by atoms with van der Waals surface area (Å²) in [5, 5.41) is 13.4. The molecule has 1 rings (SSSR count). The Labute approximate surface area is 75.8 Å². The summed E-state index contributed by atoms with van der Waals surface area (Å²) in [6.45, 7) is 4.25. The van der Waals surface area contributed by atoms with Crippen LogP contribution in [-0.4, -0.2) is 26.6 Å². The van der Waals surface area contributed by atoms with Gasteiger partial charge in [0.05, 0.1) is 5.60 Å². The number of aromatic nitrogens is 2. The molecule has 0 aliphatic carbocycles. The highest BCUT2D eigenvalue weighted by Crippen LogP contribution is 2.12. The smallest absolute Gasteiger partial charge is 0.202 e. The summed E-state index contributed by atoms with van der Waals surface area (Å²) in [6, 6.07) is 0. The SMILES string of the molecule is CCC(C)(O)CNc1ncns1. The minimum atomic E-state index is -0.661. The van der Waals surface area contributed by atoms with Crippen molar-refractivity contribution in [1.82, 2.24) is 9.36 Å². The van der Waals surface area contributed by atoms with E-state index in [0.717, 1.165) is 11.6 Å². The van der Waals surface area contributed by atoms with Crippen LogP contribution in [0.4, 0.5) is 5.13 Å². The standard InChI is InChI=1S/C7H13N3OS/c1-3-7(2,11)4-8-6-9-5-10-12-6/h5,11H,3-4H2,1-2H3,(H,8,9,10). The van der Waals surface area contributed by atoms with Gasteiger partial charge in [0, 0.05) is 18.1 Å². The largest absolute Gasteiger partial charge is 0.388 e. The third-order valence-corrected chi connectivity index (χ3v) is 2.37. The van der Waals surface area contributed by atoms with Gasteiger partial charge in [-0.05, 0) is 13.3 Å². The molecule has 0 aromatic carbocycles. The predicted molar refractivity (Wildman–Crippen MR) is 49.3 cm³/mol. The number of hydrogen-bond acceptors (Lipinski definition) is 5. The lowest BCUT2D eigenvalue weighted by Crippen LogP contribution is -2.32. The topological polar surface area (TPSA) is 58.0 Å². The van der Waals surface area contributed by atoms with Crippen molar-refractivity contribution in [2.45, 2.75) is 25.9 Å². The number of nitrogens with one attached hydrogen (secondary N) is 1. The highest BCUT2D eigenvalue weighted by Gasteiger charge is 2.17. The second-order valence-corrected chi connectivity index (χ2v) is 3.73. The predicted octanol–water partition coefficient (Wildman–Crippen LogP) is 1.11. The summed E-state index contributed by atoms with van der Waals surface area (Å²) in [6.07, 6.45) is 2.21. The first kappa shape index (κ1) is 9.41. The molecule has 0 bridgehead atoms. The molecular formula is C7H13N3OS. The average molecular weight is 187 g/mol. The molecule has 2 N–H and O–H groups in total. The van der Waals surface area contributed by atoms with Gasteiger partial charge < -0.3 is 10.4 Å². The van der Waals surface area contributed by atoms with Crippen LogP contribution in [0.1, 0.15) is 20.3 Å². The van der Waals surface area contributed by atoms with Gasteiger partial charge in [0.15, 0.2) is 0 Å². The molecule has 1 aromatic heterocycles. The van der Waals surface area contributed by atoms with E-state index in [-0.39, 0.29) is 0 Å². The summed E-state index contributed by atoms with van der Waals surface area (Å²) in [5.74, 6) is 0. The van der Waals surface area contributed by atoms with Gasteiger partial charge in [0.25, 0.3) is 0 Å². The van der Waals surface area contributed by atoms with Crippen molar-refractivity contribution in [3.05, 3.63) is 6.33 Å². The van der Waals surface area contributed by atoms with Crippen LogP contribution in [0.5, 0.6) is 0 Å². The van der Waals surface area contributed by atoms with Crippen LogP contribution >= 0.6 is 11.5 Å². The van der Waals surface area contributed by atoms with Crippen molar-refractivity contribution >= 4 is 16.7 Å². The molecule has 0 fully saturated rings. The van der Waals surface area contributed by atoms with E-state index in [1.807, 2.05) is 6.92 Å². The maximum absolute atomic E-state index is 9.62. The summed E-state index contributed by atoms with van der Waals surface area (Å²) >= 11 is 1.29. The van der Waals surface area contributed by atoms with Crippen molar-refractivity contribution < 1.29 is 5.11 Å². The van der Waals surface area contributed by atoms with Gasteiger partial charge in [-0.2, -0.15) is 4.37 Å². The number of aliphatic hydroxyl groups is 1. The molecule has 0 spiro atoms. The Morgan fingerprint density at radius 2 is 2.50 bits per heavy atom. The normalized spacial score (nSPS) is 15.6. The molecule has 1 unspecified atom stereocenters. The van der Waals surface area contributed by atoms with Crippen molar-refractivity contribution in [1.29, 1.82) is 0 Å². The van der Waals surface area contributed by atoms with Crippen LogP contribution < -0.4 is 5.32 Å². The fourth-order valence-corrected chi connectivity index (χ4v) is 1.07. The first-order chi connectivity index (χ1) is 5.64. The van der Waals surface area contributed by atoms with Crippen molar-refractivity contribution in [3.63, 3.8) is 0 Å². The number of anilines is 1. The van der Waals surface area contributed by atoms with Crippen LogP contribution in [0, 0.1) is 0 Å². The fourth-order valence-electron chi connectivity index (χ4n) is 0.642. The number of hydrogen-bond donors (Lipinski definition) is 2.